The number of nitrogens with one attached hydrogen (secondary N) is 2. The van der Waals surface area contributed by atoms with Gasteiger partial charge in [-0.1, -0.05) is 48.0 Å². The number of carbonyl (C=O) groups excluding carboxylic acids is 2. The van der Waals surface area contributed by atoms with E-state index in [1.54, 1.807) is 0 Å². The van der Waals surface area contributed by atoms with Crippen molar-refractivity contribution in [3.05, 3.63) is 107 Å². The Hall–Kier alpha value is -3.86. The van der Waals surface area contributed by atoms with E-state index >= 15 is 0 Å². The van der Waals surface area contributed by atoms with Crippen LogP contribution in [-0.2, 0) is 6.42 Å². The number of hydrogen-bond donors (Lipinski definition) is 2. The Labute approximate surface area is 206 Å². The highest BCUT2D eigenvalue weighted by Crippen LogP contribution is 2.28. The van der Waals surface area contributed by atoms with Gasteiger partial charge in [0.25, 0.3) is 11.8 Å². The Morgan fingerprint density at radius 3 is 2.69 bits per heavy atom. The number of amides is 2. The third kappa shape index (κ3) is 5.14. The van der Waals surface area contributed by atoms with Crippen LogP contribution >= 0.6 is 0 Å². The van der Waals surface area contributed by atoms with Gasteiger partial charge in [-0.2, -0.15) is 0 Å². The van der Waals surface area contributed by atoms with Gasteiger partial charge in [0, 0.05) is 53.8 Å². The van der Waals surface area contributed by atoms with Crippen LogP contribution in [0.5, 0.6) is 0 Å². The fourth-order valence-corrected chi connectivity index (χ4v) is 5.00. The lowest BCUT2D eigenvalue weighted by molar-refractivity contribution is 0.0706. The lowest BCUT2D eigenvalue weighted by atomic mass is 9.89. The van der Waals surface area contributed by atoms with E-state index in [1.807, 2.05) is 72.6 Å². The molecule has 0 radical (unpaired) electrons. The smallest absolute Gasteiger partial charge is 0.253 e. The van der Waals surface area contributed by atoms with Crippen LogP contribution in [0.25, 0.3) is 10.9 Å². The number of para-hydroxylation sites is 1. The van der Waals surface area contributed by atoms with Gasteiger partial charge in [-0.3, -0.25) is 9.59 Å². The summed E-state index contributed by atoms with van der Waals surface area (Å²) >= 11 is 0. The van der Waals surface area contributed by atoms with Crippen molar-refractivity contribution in [3.63, 3.8) is 0 Å². The van der Waals surface area contributed by atoms with Crippen LogP contribution in [0.4, 0.5) is 0 Å². The van der Waals surface area contributed by atoms with E-state index in [4.69, 9.17) is 0 Å². The van der Waals surface area contributed by atoms with Crippen LogP contribution in [0, 0.1) is 6.92 Å². The highest BCUT2D eigenvalue weighted by atomic mass is 16.2. The number of hydrogen-bond acceptors (Lipinski definition) is 2. The molecule has 0 saturated carbocycles. The zero-order valence-corrected chi connectivity index (χ0v) is 20.1. The van der Waals surface area contributed by atoms with E-state index in [-0.39, 0.29) is 17.7 Å². The first kappa shape index (κ1) is 22.9. The molecule has 1 saturated heterocycles. The van der Waals surface area contributed by atoms with Gasteiger partial charge in [-0.05, 0) is 67.6 Å². The van der Waals surface area contributed by atoms with E-state index in [0.717, 1.165) is 48.0 Å². The fraction of sp³-hybridized carbons (Fsp3) is 0.267. The van der Waals surface area contributed by atoms with Gasteiger partial charge in [-0.15, -0.1) is 0 Å². The van der Waals surface area contributed by atoms with Crippen LogP contribution in [0.2, 0.25) is 0 Å². The molecule has 0 bridgehead atoms. The standard InChI is InChI=1S/C30H31N3O2/c1-21-11-13-22(14-12-21)30(35)33-17-5-8-26(20-33)23-6-4-7-24(18-23)29(34)31-16-15-25-19-32-28-10-3-2-9-27(25)28/h2-4,6-7,9-14,18-19,26,32H,5,8,15-17,20H2,1H3,(H,31,34)/t26-/m1/s1. The van der Waals surface area contributed by atoms with Crippen LogP contribution in [0.3, 0.4) is 0 Å². The topological polar surface area (TPSA) is 65.2 Å². The van der Waals surface area contributed by atoms with Gasteiger partial charge < -0.3 is 15.2 Å². The Morgan fingerprint density at radius 1 is 1.00 bits per heavy atom. The van der Waals surface area contributed by atoms with Gasteiger partial charge in [-0.25, -0.2) is 0 Å². The molecule has 0 aliphatic carbocycles. The molecule has 4 aromatic rings. The minimum Gasteiger partial charge on any atom is -0.361 e. The molecule has 0 spiro atoms. The van der Waals surface area contributed by atoms with Crippen LogP contribution in [-0.4, -0.2) is 41.3 Å². The number of rotatable bonds is 6. The van der Waals surface area contributed by atoms with Crippen molar-refractivity contribution >= 4 is 22.7 Å². The third-order valence-electron chi connectivity index (χ3n) is 6.98. The summed E-state index contributed by atoms with van der Waals surface area (Å²) in [4.78, 5) is 31.1. The molecule has 3 aromatic carbocycles. The summed E-state index contributed by atoms with van der Waals surface area (Å²) in [6, 6.07) is 23.9. The van der Waals surface area contributed by atoms with E-state index in [9.17, 15) is 9.59 Å². The summed E-state index contributed by atoms with van der Waals surface area (Å²) < 4.78 is 0. The first-order valence-corrected chi connectivity index (χ1v) is 12.4. The largest absolute Gasteiger partial charge is 0.361 e. The molecular weight excluding hydrogens is 434 g/mol. The van der Waals surface area contributed by atoms with Crippen molar-refractivity contribution in [2.24, 2.45) is 0 Å². The number of carbonyl (C=O) groups is 2. The van der Waals surface area contributed by atoms with Gasteiger partial charge in [0.1, 0.15) is 0 Å². The second kappa shape index (κ2) is 10.2. The minimum absolute atomic E-state index is 0.0601. The van der Waals surface area contributed by atoms with Crippen molar-refractivity contribution in [1.82, 2.24) is 15.2 Å². The molecule has 5 heteroatoms. The molecular formula is C30H31N3O2. The van der Waals surface area contributed by atoms with E-state index in [0.29, 0.717) is 18.7 Å². The maximum atomic E-state index is 13.0. The van der Waals surface area contributed by atoms with Crippen LogP contribution < -0.4 is 5.32 Å². The summed E-state index contributed by atoms with van der Waals surface area (Å²) in [5.74, 6) is 0.257. The lowest BCUT2D eigenvalue weighted by Gasteiger charge is -2.33. The summed E-state index contributed by atoms with van der Waals surface area (Å²) in [7, 11) is 0. The second-order valence-corrected chi connectivity index (χ2v) is 9.45. The fourth-order valence-electron chi connectivity index (χ4n) is 5.00. The molecule has 5 rings (SSSR count). The van der Waals surface area contributed by atoms with E-state index in [1.165, 1.54) is 10.9 Å². The van der Waals surface area contributed by atoms with Crippen molar-refractivity contribution in [2.45, 2.75) is 32.1 Å². The maximum Gasteiger partial charge on any atom is 0.253 e. The molecule has 35 heavy (non-hydrogen) atoms. The highest BCUT2D eigenvalue weighted by Gasteiger charge is 2.26. The molecule has 0 unspecified atom stereocenters. The first-order valence-electron chi connectivity index (χ1n) is 12.4. The lowest BCUT2D eigenvalue weighted by Crippen LogP contribution is -2.39. The van der Waals surface area contributed by atoms with Crippen molar-refractivity contribution in [3.8, 4) is 0 Å². The number of likely N-dealkylation sites (tertiary alicyclic amines) is 1. The van der Waals surface area contributed by atoms with Crippen molar-refractivity contribution < 1.29 is 9.59 Å². The number of piperidine rings is 1. The van der Waals surface area contributed by atoms with Crippen molar-refractivity contribution in [1.29, 1.82) is 0 Å². The van der Waals surface area contributed by atoms with Crippen LogP contribution in [0.1, 0.15) is 56.2 Å². The molecule has 1 aliphatic rings. The minimum atomic E-state index is -0.0601. The number of H-pyrrole nitrogens is 1. The van der Waals surface area contributed by atoms with Crippen molar-refractivity contribution in [2.75, 3.05) is 19.6 Å². The quantitative estimate of drug-likeness (QED) is 0.397. The second-order valence-electron chi connectivity index (χ2n) is 9.45. The number of aromatic amines is 1. The molecule has 1 aliphatic heterocycles. The van der Waals surface area contributed by atoms with Gasteiger partial charge in [0.05, 0.1) is 0 Å². The monoisotopic (exact) mass is 465 g/mol. The average Bonchev–Trinajstić information content (AvgIpc) is 3.32. The molecule has 2 N–H and O–H groups in total. The molecule has 1 atom stereocenters. The molecule has 178 valence electrons. The SMILES string of the molecule is Cc1ccc(C(=O)N2CCC[C@@H](c3cccc(C(=O)NCCc4c[nH]c5ccccc45)c3)C2)cc1. The zero-order chi connectivity index (χ0) is 24.2. The number of aromatic nitrogens is 1. The highest BCUT2D eigenvalue weighted by molar-refractivity contribution is 5.95. The van der Waals surface area contributed by atoms with E-state index < -0.39 is 0 Å². The van der Waals surface area contributed by atoms with Gasteiger partial charge in [0.2, 0.25) is 0 Å². The van der Waals surface area contributed by atoms with Crippen LogP contribution in [0.15, 0.2) is 79.0 Å². The number of fused-ring (bicyclic) bond motifs is 1. The third-order valence-corrected chi connectivity index (χ3v) is 6.98. The Morgan fingerprint density at radius 2 is 1.83 bits per heavy atom. The molecule has 2 heterocycles. The Bertz CT molecular complexity index is 1340. The summed E-state index contributed by atoms with van der Waals surface area (Å²) in [6.07, 6.45) is 4.77. The maximum absolute atomic E-state index is 13.0. The summed E-state index contributed by atoms with van der Waals surface area (Å²) in [5.41, 5.74) is 5.99. The number of aryl methyl sites for hydroxylation is 1. The summed E-state index contributed by atoms with van der Waals surface area (Å²) in [5, 5.41) is 4.27. The Balaban J connectivity index is 1.21. The molecule has 1 aromatic heterocycles. The predicted octanol–water partition coefficient (Wildman–Crippen LogP) is 5.47. The predicted molar refractivity (Wildman–Crippen MR) is 140 cm³/mol. The molecule has 1 fully saturated rings. The Kier molecular flexibility index (Phi) is 6.66. The normalized spacial score (nSPS) is 15.8. The molecule has 5 nitrogen and oxygen atoms in total. The van der Waals surface area contributed by atoms with Gasteiger partial charge >= 0.3 is 0 Å². The number of benzene rings is 3. The summed E-state index contributed by atoms with van der Waals surface area (Å²) in [6.45, 7) is 4.05. The first-order chi connectivity index (χ1) is 17.1. The number of nitrogens with zero attached hydrogens (tertiary/aromatic N) is 1. The average molecular weight is 466 g/mol. The van der Waals surface area contributed by atoms with E-state index in [2.05, 4.69) is 28.5 Å². The zero-order valence-electron chi connectivity index (χ0n) is 20.1. The van der Waals surface area contributed by atoms with Gasteiger partial charge in [0.15, 0.2) is 0 Å². The molecule has 2 amide bonds.